The van der Waals surface area contributed by atoms with Crippen molar-refractivity contribution >= 4 is 17.1 Å². The summed E-state index contributed by atoms with van der Waals surface area (Å²) in [5.41, 5.74) is 7.40. The van der Waals surface area contributed by atoms with Crippen LogP contribution in [-0.4, -0.2) is 0 Å². The summed E-state index contributed by atoms with van der Waals surface area (Å²) in [7, 11) is 0. The number of anilines is 3. The second-order valence-corrected chi connectivity index (χ2v) is 6.90. The second kappa shape index (κ2) is 8.29. The molecule has 3 N–H and O–H groups in total. The average Bonchev–Trinajstić information content (AvgIpc) is 2.72. The lowest BCUT2D eigenvalue weighted by Crippen LogP contribution is -2.10. The number of alkyl halides is 3. The Morgan fingerprint density at radius 3 is 2.00 bits per heavy atom. The molecule has 3 aromatic carbocycles. The molecule has 5 nitrogen and oxygen atoms in total. The van der Waals surface area contributed by atoms with Crippen molar-refractivity contribution in [1.29, 1.82) is 10.5 Å². The summed E-state index contributed by atoms with van der Waals surface area (Å²) in [5, 5.41) is 20.9. The van der Waals surface area contributed by atoms with Gasteiger partial charge < -0.3 is 15.8 Å². The first-order chi connectivity index (χ1) is 14.6. The highest BCUT2D eigenvalue weighted by atomic mass is 19.4. The molecule has 0 radical (unpaired) electrons. The van der Waals surface area contributed by atoms with Crippen LogP contribution in [0.4, 0.5) is 30.2 Å². The molecule has 0 saturated carbocycles. The Bertz CT molecular complexity index is 1200. The van der Waals surface area contributed by atoms with Crippen LogP contribution in [0.15, 0.2) is 48.5 Å². The fourth-order valence-corrected chi connectivity index (χ4v) is 3.08. The van der Waals surface area contributed by atoms with Crippen molar-refractivity contribution in [2.45, 2.75) is 20.0 Å². The van der Waals surface area contributed by atoms with Gasteiger partial charge in [-0.2, -0.15) is 23.7 Å². The molecule has 0 aliphatic carbocycles. The average molecular weight is 422 g/mol. The van der Waals surface area contributed by atoms with Gasteiger partial charge in [-0.25, -0.2) is 0 Å². The number of hydrogen-bond acceptors (Lipinski definition) is 5. The molecule has 0 spiro atoms. The molecule has 0 bridgehead atoms. The number of nitrogens with one attached hydrogen (secondary N) is 1. The van der Waals surface area contributed by atoms with Gasteiger partial charge in [-0.15, -0.1) is 0 Å². The summed E-state index contributed by atoms with van der Waals surface area (Å²) in [6.45, 7) is 3.31. The van der Waals surface area contributed by atoms with E-state index in [9.17, 15) is 13.2 Å². The molecule has 8 heteroatoms. The van der Waals surface area contributed by atoms with E-state index in [1.165, 1.54) is 6.07 Å². The van der Waals surface area contributed by atoms with Gasteiger partial charge >= 0.3 is 6.18 Å². The van der Waals surface area contributed by atoms with Gasteiger partial charge in [-0.1, -0.05) is 0 Å². The molecular weight excluding hydrogens is 405 g/mol. The van der Waals surface area contributed by atoms with Crippen molar-refractivity contribution < 1.29 is 17.9 Å². The molecule has 3 rings (SSSR count). The number of rotatable bonds is 4. The normalized spacial score (nSPS) is 10.8. The van der Waals surface area contributed by atoms with Crippen molar-refractivity contribution in [3.05, 3.63) is 76.3 Å². The van der Waals surface area contributed by atoms with Crippen molar-refractivity contribution in [1.82, 2.24) is 0 Å². The quantitative estimate of drug-likeness (QED) is 0.489. The van der Waals surface area contributed by atoms with E-state index in [2.05, 4.69) is 5.32 Å². The molecular formula is C23H17F3N4O. The maximum absolute atomic E-state index is 13.7. The molecule has 0 aliphatic heterocycles. The highest BCUT2D eigenvalue weighted by Gasteiger charge is 2.36. The van der Waals surface area contributed by atoms with Gasteiger partial charge in [-0.05, 0) is 67.4 Å². The van der Waals surface area contributed by atoms with Crippen molar-refractivity contribution in [3.8, 4) is 23.6 Å². The lowest BCUT2D eigenvalue weighted by molar-refractivity contribution is -0.138. The minimum atomic E-state index is -4.69. The first-order valence-electron chi connectivity index (χ1n) is 9.09. The summed E-state index contributed by atoms with van der Waals surface area (Å²) >= 11 is 0. The Morgan fingerprint density at radius 1 is 0.903 bits per heavy atom. The Morgan fingerprint density at radius 2 is 1.48 bits per heavy atom. The smallest absolute Gasteiger partial charge is 0.420 e. The number of hydrogen-bond donors (Lipinski definition) is 2. The summed E-state index contributed by atoms with van der Waals surface area (Å²) in [4.78, 5) is 0. The molecule has 31 heavy (non-hydrogen) atoms. The van der Waals surface area contributed by atoms with E-state index in [1.807, 2.05) is 12.1 Å². The van der Waals surface area contributed by atoms with Crippen LogP contribution < -0.4 is 15.8 Å². The van der Waals surface area contributed by atoms with Crippen molar-refractivity contribution in [3.63, 3.8) is 0 Å². The van der Waals surface area contributed by atoms with Gasteiger partial charge in [0.05, 0.1) is 34.6 Å². The van der Waals surface area contributed by atoms with E-state index in [1.54, 1.807) is 50.2 Å². The summed E-state index contributed by atoms with van der Waals surface area (Å²) in [5.74, 6) is -0.188. The molecule has 0 fully saturated rings. The highest BCUT2D eigenvalue weighted by Crippen LogP contribution is 2.43. The van der Waals surface area contributed by atoms with Crippen LogP contribution in [0.25, 0.3) is 0 Å². The maximum Gasteiger partial charge on any atom is 0.420 e. The summed E-state index contributed by atoms with van der Waals surface area (Å²) in [6, 6.07) is 15.5. The third kappa shape index (κ3) is 4.71. The molecule has 3 aromatic rings. The zero-order valence-corrected chi connectivity index (χ0v) is 16.6. The van der Waals surface area contributed by atoms with Crippen LogP contribution in [0.3, 0.4) is 0 Å². The number of aryl methyl sites for hydroxylation is 2. The van der Waals surface area contributed by atoms with E-state index in [0.717, 1.165) is 6.07 Å². The van der Waals surface area contributed by atoms with Gasteiger partial charge in [-0.3, -0.25) is 0 Å². The number of ether oxygens (including phenoxy) is 1. The summed E-state index contributed by atoms with van der Waals surface area (Å²) in [6.07, 6.45) is -4.69. The topological polar surface area (TPSA) is 94.9 Å². The van der Waals surface area contributed by atoms with E-state index >= 15 is 0 Å². The number of benzene rings is 3. The number of nitrogens with zero attached hydrogens (tertiary/aromatic N) is 2. The van der Waals surface area contributed by atoms with Gasteiger partial charge in [0.15, 0.2) is 0 Å². The van der Waals surface area contributed by atoms with Crippen molar-refractivity contribution in [2.75, 3.05) is 11.1 Å². The molecule has 0 atom stereocenters. The Balaban J connectivity index is 2.06. The van der Waals surface area contributed by atoms with E-state index in [-0.39, 0.29) is 17.1 Å². The lowest BCUT2D eigenvalue weighted by atomic mass is 10.1. The highest BCUT2D eigenvalue weighted by molar-refractivity contribution is 5.76. The Hall–Kier alpha value is -4.17. The largest absolute Gasteiger partial charge is 0.456 e. The standard InChI is InChI=1S/C23H17F3N4O/c1-13-7-16(12-28)8-14(2)22(13)31-21-10-20(19(29)9-18(21)23(24,25)26)30-17-5-3-15(11-27)4-6-17/h3-10,30H,29H2,1-2H3. The van der Waals surface area contributed by atoms with E-state index < -0.39 is 17.5 Å². The molecule has 0 unspecified atom stereocenters. The van der Waals surface area contributed by atoms with Crippen LogP contribution in [0.2, 0.25) is 0 Å². The minimum absolute atomic E-state index is 0.114. The minimum Gasteiger partial charge on any atom is -0.456 e. The van der Waals surface area contributed by atoms with Crippen LogP contribution in [0.1, 0.15) is 27.8 Å². The maximum atomic E-state index is 13.7. The number of halogens is 3. The SMILES string of the molecule is Cc1cc(C#N)cc(C)c1Oc1cc(Nc2ccc(C#N)cc2)c(N)cc1C(F)(F)F. The van der Waals surface area contributed by atoms with Crippen LogP contribution in [0.5, 0.6) is 11.5 Å². The predicted molar refractivity (Wildman–Crippen MR) is 111 cm³/mol. The molecule has 0 saturated heterocycles. The molecule has 0 amide bonds. The Kier molecular flexibility index (Phi) is 5.76. The van der Waals surface area contributed by atoms with E-state index in [4.69, 9.17) is 21.0 Å². The molecule has 0 heterocycles. The van der Waals surface area contributed by atoms with Gasteiger partial charge in [0.25, 0.3) is 0 Å². The zero-order chi connectivity index (χ0) is 22.8. The van der Waals surface area contributed by atoms with Crippen LogP contribution >= 0.6 is 0 Å². The van der Waals surface area contributed by atoms with Gasteiger partial charge in [0.1, 0.15) is 17.1 Å². The predicted octanol–water partition coefficient (Wildman–Crippen LogP) is 6.18. The van der Waals surface area contributed by atoms with Crippen molar-refractivity contribution in [2.24, 2.45) is 0 Å². The first kappa shape index (κ1) is 21.5. The molecule has 0 aliphatic rings. The third-order valence-corrected chi connectivity index (χ3v) is 4.55. The monoisotopic (exact) mass is 422 g/mol. The Labute approximate surface area is 177 Å². The fraction of sp³-hybridized carbons (Fsp3) is 0.130. The zero-order valence-electron chi connectivity index (χ0n) is 16.6. The van der Waals surface area contributed by atoms with Gasteiger partial charge in [0.2, 0.25) is 0 Å². The van der Waals surface area contributed by atoms with Gasteiger partial charge in [0, 0.05) is 11.8 Å². The van der Waals surface area contributed by atoms with Crippen LogP contribution in [-0.2, 0) is 6.18 Å². The number of nitrogens with two attached hydrogens (primary N) is 1. The fourth-order valence-electron chi connectivity index (χ4n) is 3.08. The number of nitrogen functional groups attached to an aromatic ring is 1. The lowest BCUT2D eigenvalue weighted by Gasteiger charge is -2.19. The molecule has 156 valence electrons. The summed E-state index contributed by atoms with van der Waals surface area (Å²) < 4.78 is 46.7. The van der Waals surface area contributed by atoms with Crippen LogP contribution in [0, 0.1) is 36.5 Å². The number of nitriles is 2. The first-order valence-corrected chi connectivity index (χ1v) is 9.09. The second-order valence-electron chi connectivity index (χ2n) is 6.90. The third-order valence-electron chi connectivity index (χ3n) is 4.55. The molecule has 0 aromatic heterocycles. The van der Waals surface area contributed by atoms with E-state index in [0.29, 0.717) is 27.9 Å².